The van der Waals surface area contributed by atoms with Crippen LogP contribution in [-0.4, -0.2) is 18.3 Å². The first kappa shape index (κ1) is 23.1. The van der Waals surface area contributed by atoms with Crippen LogP contribution in [0.15, 0.2) is 101 Å². The summed E-state index contributed by atoms with van der Waals surface area (Å²) in [6, 6.07) is 33.4. The Balaban J connectivity index is 1.57. The van der Waals surface area contributed by atoms with Crippen LogP contribution < -0.4 is 5.46 Å². The second-order valence-corrected chi connectivity index (χ2v) is 12.3. The third kappa shape index (κ3) is 3.22. The summed E-state index contributed by atoms with van der Waals surface area (Å²) in [7, 11) is -0.418. The lowest BCUT2D eigenvalue weighted by Gasteiger charge is -2.43. The van der Waals surface area contributed by atoms with Crippen molar-refractivity contribution in [1.29, 1.82) is 0 Å². The third-order valence-electron chi connectivity index (χ3n) is 8.62. The fraction of sp³-hybridized carbons (Fsp3) is 0.212. The van der Waals surface area contributed by atoms with E-state index in [0.717, 1.165) is 5.46 Å². The van der Waals surface area contributed by atoms with E-state index in [4.69, 9.17) is 9.31 Å². The predicted molar refractivity (Wildman–Crippen MR) is 154 cm³/mol. The van der Waals surface area contributed by atoms with Crippen molar-refractivity contribution in [3.05, 3.63) is 124 Å². The van der Waals surface area contributed by atoms with E-state index < -0.39 is 23.7 Å². The van der Waals surface area contributed by atoms with Gasteiger partial charge in [0.05, 0.1) is 16.6 Å². The largest absolute Gasteiger partial charge is 0.494 e. The molecule has 2 aliphatic heterocycles. The molecule has 1 saturated heterocycles. The predicted octanol–water partition coefficient (Wildman–Crippen LogP) is 7.32. The summed E-state index contributed by atoms with van der Waals surface area (Å²) in [5.74, 6) is 0. The zero-order chi connectivity index (χ0) is 25.4. The quantitative estimate of drug-likeness (QED) is 0.221. The van der Waals surface area contributed by atoms with E-state index in [1.54, 1.807) is 0 Å². The van der Waals surface area contributed by atoms with Crippen molar-refractivity contribution < 1.29 is 9.31 Å². The summed E-state index contributed by atoms with van der Waals surface area (Å²) < 4.78 is 13.0. The van der Waals surface area contributed by atoms with Crippen LogP contribution in [-0.2, 0) is 14.7 Å². The molecule has 37 heavy (non-hydrogen) atoms. The zero-order valence-electron chi connectivity index (χ0n) is 21.6. The van der Waals surface area contributed by atoms with Gasteiger partial charge in [-0.15, -0.1) is 0 Å². The lowest BCUT2D eigenvalue weighted by Crippen LogP contribution is -2.41. The van der Waals surface area contributed by atoms with Crippen molar-refractivity contribution in [2.45, 2.75) is 54.1 Å². The molecule has 2 nitrogen and oxygen atoms in total. The molecule has 0 unspecified atom stereocenters. The molecule has 0 amide bonds. The summed E-state index contributed by atoms with van der Waals surface area (Å²) in [5.41, 5.74) is 7.47. The first-order chi connectivity index (χ1) is 17.8. The van der Waals surface area contributed by atoms with E-state index in [-0.39, 0.29) is 0 Å². The fourth-order valence-electron chi connectivity index (χ4n) is 6.05. The van der Waals surface area contributed by atoms with E-state index >= 15 is 0 Å². The summed E-state index contributed by atoms with van der Waals surface area (Å²) in [6.07, 6.45) is 4.54. The molecule has 3 aliphatic rings. The molecule has 182 valence electrons. The van der Waals surface area contributed by atoms with Crippen LogP contribution in [0.1, 0.15) is 61.1 Å². The van der Waals surface area contributed by atoms with Gasteiger partial charge >= 0.3 is 7.12 Å². The van der Waals surface area contributed by atoms with E-state index in [1.165, 1.54) is 43.2 Å². The standard InChI is InChI=1S/C33H29BO2S/c1-31(2)32(3,4)36-34(35-31)24-20-19-23-18-17-22-11-5-6-12-25(22)33(28(23)21-24)26-13-7-9-15-29(26)37-30-16-10-8-14-27(30)33/h5-21H,1-4H3. The second-order valence-electron chi connectivity index (χ2n) is 11.2. The molecule has 4 aromatic rings. The van der Waals surface area contributed by atoms with Crippen LogP contribution >= 0.6 is 11.8 Å². The van der Waals surface area contributed by atoms with Gasteiger partial charge in [0.25, 0.3) is 0 Å². The van der Waals surface area contributed by atoms with Gasteiger partial charge in [-0.1, -0.05) is 103 Å². The summed E-state index contributed by atoms with van der Waals surface area (Å²) >= 11 is 1.87. The highest BCUT2D eigenvalue weighted by atomic mass is 32.2. The normalized spacial score (nSPS) is 19.5. The van der Waals surface area contributed by atoms with Crippen LogP contribution in [0.2, 0.25) is 0 Å². The molecule has 1 aliphatic carbocycles. The van der Waals surface area contributed by atoms with E-state index in [9.17, 15) is 0 Å². The van der Waals surface area contributed by atoms with Gasteiger partial charge < -0.3 is 9.31 Å². The minimum absolute atomic E-state index is 0.394. The van der Waals surface area contributed by atoms with Crippen molar-refractivity contribution in [1.82, 2.24) is 0 Å². The van der Waals surface area contributed by atoms with E-state index in [0.29, 0.717) is 0 Å². The summed E-state index contributed by atoms with van der Waals surface area (Å²) in [5, 5.41) is 0. The first-order valence-corrected chi connectivity index (χ1v) is 13.8. The van der Waals surface area contributed by atoms with Crippen LogP contribution in [0.25, 0.3) is 12.2 Å². The minimum atomic E-state index is -0.465. The summed E-state index contributed by atoms with van der Waals surface area (Å²) in [4.78, 5) is 2.59. The Bertz CT molecular complexity index is 1520. The van der Waals surface area contributed by atoms with Gasteiger partial charge in [-0.05, 0) is 78.7 Å². The van der Waals surface area contributed by atoms with E-state index in [2.05, 4.69) is 131 Å². The second kappa shape index (κ2) is 7.98. The Labute approximate surface area is 223 Å². The van der Waals surface area contributed by atoms with Gasteiger partial charge in [0.1, 0.15) is 0 Å². The molecule has 4 heteroatoms. The topological polar surface area (TPSA) is 18.5 Å². The first-order valence-electron chi connectivity index (χ1n) is 13.0. The number of rotatable bonds is 1. The Morgan fingerprint density at radius 3 is 1.70 bits per heavy atom. The van der Waals surface area contributed by atoms with Gasteiger partial charge in [-0.2, -0.15) is 0 Å². The minimum Gasteiger partial charge on any atom is -0.399 e. The van der Waals surface area contributed by atoms with Crippen LogP contribution in [0.3, 0.4) is 0 Å². The van der Waals surface area contributed by atoms with Crippen molar-refractivity contribution >= 4 is 36.5 Å². The van der Waals surface area contributed by atoms with Crippen LogP contribution in [0, 0.1) is 0 Å². The highest BCUT2D eigenvalue weighted by Gasteiger charge is 2.53. The van der Waals surface area contributed by atoms with Gasteiger partial charge in [0.15, 0.2) is 0 Å². The molecule has 7 rings (SSSR count). The van der Waals surface area contributed by atoms with Gasteiger partial charge in [-0.25, -0.2) is 0 Å². The third-order valence-corrected chi connectivity index (χ3v) is 9.77. The Kier molecular flexibility index (Phi) is 4.98. The molecule has 2 heterocycles. The smallest absolute Gasteiger partial charge is 0.399 e. The van der Waals surface area contributed by atoms with Crippen molar-refractivity contribution in [3.8, 4) is 0 Å². The lowest BCUT2D eigenvalue weighted by atomic mass is 9.62. The molecule has 0 bridgehead atoms. The molecular formula is C33H29BO2S. The highest BCUT2D eigenvalue weighted by Crippen LogP contribution is 2.57. The molecule has 0 radical (unpaired) electrons. The summed E-state index contributed by atoms with van der Waals surface area (Å²) in [6.45, 7) is 8.45. The average molecular weight is 500 g/mol. The number of benzene rings is 4. The molecule has 4 aromatic carbocycles. The van der Waals surface area contributed by atoms with Crippen LogP contribution in [0.5, 0.6) is 0 Å². The lowest BCUT2D eigenvalue weighted by molar-refractivity contribution is 0.00578. The zero-order valence-corrected chi connectivity index (χ0v) is 22.4. The van der Waals surface area contributed by atoms with Gasteiger partial charge in [-0.3, -0.25) is 0 Å². The Morgan fingerprint density at radius 1 is 0.568 bits per heavy atom. The Hall–Kier alpha value is -3.05. The van der Waals surface area contributed by atoms with E-state index in [1.807, 2.05) is 11.8 Å². The van der Waals surface area contributed by atoms with Crippen LogP contribution in [0.4, 0.5) is 0 Å². The number of hydrogen-bond donors (Lipinski definition) is 0. The van der Waals surface area contributed by atoms with Gasteiger partial charge in [0.2, 0.25) is 0 Å². The average Bonchev–Trinajstić information content (AvgIpc) is 3.03. The SMILES string of the molecule is CC1(C)OB(c2ccc3c(c2)C2(c4ccccc4C=C3)c3ccccc3Sc3ccccc32)OC1(C)C. The van der Waals surface area contributed by atoms with Crippen molar-refractivity contribution in [2.24, 2.45) is 0 Å². The van der Waals surface area contributed by atoms with Crippen molar-refractivity contribution in [2.75, 3.05) is 0 Å². The maximum absolute atomic E-state index is 6.51. The molecule has 0 saturated carbocycles. The highest BCUT2D eigenvalue weighted by molar-refractivity contribution is 7.99. The Morgan fingerprint density at radius 2 is 1.08 bits per heavy atom. The number of fused-ring (bicyclic) bond motifs is 8. The van der Waals surface area contributed by atoms with Gasteiger partial charge in [0, 0.05) is 9.79 Å². The molecule has 0 atom stereocenters. The molecule has 0 N–H and O–H groups in total. The molecule has 1 spiro atoms. The number of hydrogen-bond acceptors (Lipinski definition) is 3. The molecule has 1 fully saturated rings. The molecule has 0 aromatic heterocycles. The molecular weight excluding hydrogens is 471 g/mol. The van der Waals surface area contributed by atoms with Crippen molar-refractivity contribution in [3.63, 3.8) is 0 Å². The fourth-order valence-corrected chi connectivity index (χ4v) is 7.25. The maximum Gasteiger partial charge on any atom is 0.494 e. The monoisotopic (exact) mass is 500 g/mol. The maximum atomic E-state index is 6.51.